The minimum absolute atomic E-state index is 0.0443. The van der Waals surface area contributed by atoms with Gasteiger partial charge in [-0.2, -0.15) is 0 Å². The largest absolute Gasteiger partial charge is 0.359 e. The van der Waals surface area contributed by atoms with Crippen LogP contribution in [-0.4, -0.2) is 18.1 Å². The van der Waals surface area contributed by atoms with Crippen molar-refractivity contribution in [2.24, 2.45) is 0 Å². The van der Waals surface area contributed by atoms with Crippen LogP contribution in [0.5, 0.6) is 0 Å². The van der Waals surface area contributed by atoms with Gasteiger partial charge >= 0.3 is 6.03 Å². The molecule has 2 aromatic carbocycles. The minimum Gasteiger partial charge on any atom is -0.359 e. The maximum Gasteiger partial charge on any atom is 0.326 e. The summed E-state index contributed by atoms with van der Waals surface area (Å²) in [4.78, 5) is 18.5. The van der Waals surface area contributed by atoms with Crippen molar-refractivity contribution in [2.75, 3.05) is 27.9 Å². The van der Waals surface area contributed by atoms with Gasteiger partial charge in [0, 0.05) is 23.8 Å². The number of carbonyl (C=O) groups is 1. The number of carbonyl (C=O) groups excluding carboxylic acids is 1. The van der Waals surface area contributed by atoms with Crippen LogP contribution in [0.2, 0.25) is 0 Å². The number of thiazole rings is 1. The molecule has 3 aromatic rings. The van der Waals surface area contributed by atoms with E-state index in [1.54, 1.807) is 23.3 Å². The van der Waals surface area contributed by atoms with E-state index >= 15 is 0 Å². The zero-order chi connectivity index (χ0) is 18.1. The maximum absolute atomic E-state index is 12.5. The van der Waals surface area contributed by atoms with Gasteiger partial charge in [0.25, 0.3) is 0 Å². The Kier molecular flexibility index (Phi) is 4.22. The van der Waals surface area contributed by atoms with Gasteiger partial charge in [-0.15, -0.1) is 11.3 Å². The Bertz CT molecular complexity index is 941. The zero-order valence-corrected chi connectivity index (χ0v) is 15.3. The van der Waals surface area contributed by atoms with Crippen LogP contribution in [0.1, 0.15) is 17.4 Å². The summed E-state index contributed by atoms with van der Waals surface area (Å²) in [6.45, 7) is 2.01. The molecular formula is C19H19N5OS. The summed E-state index contributed by atoms with van der Waals surface area (Å²) in [5, 5.41) is 11.7. The van der Waals surface area contributed by atoms with E-state index in [1.165, 1.54) is 0 Å². The van der Waals surface area contributed by atoms with Crippen LogP contribution in [0.25, 0.3) is 0 Å². The highest BCUT2D eigenvalue weighted by Crippen LogP contribution is 2.36. The molecule has 0 saturated heterocycles. The van der Waals surface area contributed by atoms with Crippen molar-refractivity contribution < 1.29 is 4.79 Å². The number of aryl methyl sites for hydroxylation is 1. The second-order valence-electron chi connectivity index (χ2n) is 6.22. The number of rotatable bonds is 3. The van der Waals surface area contributed by atoms with E-state index < -0.39 is 0 Å². The molecule has 0 saturated carbocycles. The lowest BCUT2D eigenvalue weighted by Gasteiger charge is -2.18. The second-order valence-corrected chi connectivity index (χ2v) is 6.94. The summed E-state index contributed by atoms with van der Waals surface area (Å²) >= 11 is 1.57. The first-order valence-electron chi connectivity index (χ1n) is 8.27. The first-order valence-corrected chi connectivity index (χ1v) is 9.21. The third-order valence-corrected chi connectivity index (χ3v) is 4.92. The average Bonchev–Trinajstić information content (AvgIpc) is 3.30. The van der Waals surface area contributed by atoms with Crippen molar-refractivity contribution in [2.45, 2.75) is 13.1 Å². The van der Waals surface area contributed by atoms with Gasteiger partial charge in [-0.05, 0) is 42.8 Å². The lowest BCUT2D eigenvalue weighted by atomic mass is 10.2. The monoisotopic (exact) mass is 365 g/mol. The maximum atomic E-state index is 12.5. The van der Waals surface area contributed by atoms with Gasteiger partial charge in [-0.25, -0.2) is 9.78 Å². The molecule has 0 spiro atoms. The second kappa shape index (κ2) is 6.68. The number of benzene rings is 2. The van der Waals surface area contributed by atoms with Gasteiger partial charge in [-0.1, -0.05) is 12.1 Å². The van der Waals surface area contributed by atoms with Crippen molar-refractivity contribution in [3.05, 3.63) is 64.6 Å². The summed E-state index contributed by atoms with van der Waals surface area (Å²) in [6.07, 6.45) is -0.0443. The van der Waals surface area contributed by atoms with E-state index in [-0.39, 0.29) is 12.2 Å². The molecule has 1 atom stereocenters. The SMILES string of the molecule is Cc1cccc(N(C)C(=O)Nc2ccc3c(c2)NC(c2cscn2)N3)c1. The Labute approximate surface area is 155 Å². The van der Waals surface area contributed by atoms with Crippen molar-refractivity contribution in [1.29, 1.82) is 0 Å². The Balaban J connectivity index is 1.47. The van der Waals surface area contributed by atoms with Gasteiger partial charge in [0.05, 0.1) is 22.6 Å². The topological polar surface area (TPSA) is 69.3 Å². The predicted molar refractivity (Wildman–Crippen MR) is 107 cm³/mol. The van der Waals surface area contributed by atoms with E-state index in [2.05, 4.69) is 20.9 Å². The molecule has 1 unspecified atom stereocenters. The molecule has 1 aliphatic rings. The fraction of sp³-hybridized carbons (Fsp3) is 0.158. The summed E-state index contributed by atoms with van der Waals surface area (Å²) in [5.74, 6) is 0. The molecule has 1 aromatic heterocycles. The fourth-order valence-corrected chi connectivity index (χ4v) is 3.47. The molecule has 3 N–H and O–H groups in total. The summed E-state index contributed by atoms with van der Waals surface area (Å²) < 4.78 is 0. The van der Waals surface area contributed by atoms with Crippen LogP contribution in [0.3, 0.4) is 0 Å². The number of aromatic nitrogens is 1. The zero-order valence-electron chi connectivity index (χ0n) is 14.5. The molecule has 0 radical (unpaired) electrons. The number of hydrogen-bond donors (Lipinski definition) is 3. The lowest BCUT2D eigenvalue weighted by molar-refractivity contribution is 0.258. The number of urea groups is 1. The lowest BCUT2D eigenvalue weighted by Crippen LogP contribution is -2.31. The van der Waals surface area contributed by atoms with E-state index in [4.69, 9.17) is 0 Å². The molecule has 1 aliphatic heterocycles. The number of amides is 2. The van der Waals surface area contributed by atoms with Crippen LogP contribution in [0, 0.1) is 6.92 Å². The quantitative estimate of drug-likeness (QED) is 0.632. The first-order chi connectivity index (χ1) is 12.6. The molecule has 26 heavy (non-hydrogen) atoms. The summed E-state index contributed by atoms with van der Waals surface area (Å²) in [5.41, 5.74) is 7.41. The highest BCUT2D eigenvalue weighted by Gasteiger charge is 2.23. The molecule has 2 heterocycles. The third-order valence-electron chi connectivity index (χ3n) is 4.31. The standard InChI is InChI=1S/C19H19N5OS/c1-12-4-3-5-14(8-12)24(2)19(25)21-13-6-7-15-16(9-13)23-18(22-15)17-10-26-11-20-17/h3-11,18,22-23H,1-2H3,(H,21,25). The van der Waals surface area contributed by atoms with Gasteiger partial charge in [0.1, 0.15) is 6.17 Å². The van der Waals surface area contributed by atoms with Crippen LogP contribution < -0.4 is 20.9 Å². The first kappa shape index (κ1) is 16.4. The molecule has 132 valence electrons. The van der Waals surface area contributed by atoms with E-state index in [9.17, 15) is 4.79 Å². The van der Waals surface area contributed by atoms with Gasteiger partial charge < -0.3 is 16.0 Å². The molecular weight excluding hydrogens is 346 g/mol. The van der Waals surface area contributed by atoms with Crippen LogP contribution in [0.4, 0.5) is 27.5 Å². The Morgan fingerprint density at radius 2 is 2.04 bits per heavy atom. The van der Waals surface area contributed by atoms with E-state index in [1.807, 2.05) is 60.3 Å². The number of nitrogens with zero attached hydrogens (tertiary/aromatic N) is 2. The van der Waals surface area contributed by atoms with Crippen molar-refractivity contribution in [1.82, 2.24) is 4.98 Å². The van der Waals surface area contributed by atoms with E-state index in [0.29, 0.717) is 0 Å². The Morgan fingerprint density at radius 1 is 1.19 bits per heavy atom. The third kappa shape index (κ3) is 3.21. The Hall–Kier alpha value is -3.06. The highest BCUT2D eigenvalue weighted by molar-refractivity contribution is 7.07. The minimum atomic E-state index is -0.183. The van der Waals surface area contributed by atoms with Crippen molar-refractivity contribution >= 4 is 40.1 Å². The van der Waals surface area contributed by atoms with Crippen molar-refractivity contribution in [3.8, 4) is 0 Å². The van der Waals surface area contributed by atoms with Gasteiger partial charge in [0.2, 0.25) is 0 Å². The predicted octanol–water partition coefficient (Wildman–Crippen LogP) is 4.66. The molecule has 0 fully saturated rings. The number of fused-ring (bicyclic) bond motifs is 1. The number of hydrogen-bond acceptors (Lipinski definition) is 5. The summed E-state index contributed by atoms with van der Waals surface area (Å²) in [6, 6.07) is 13.4. The van der Waals surface area contributed by atoms with Gasteiger partial charge in [0.15, 0.2) is 0 Å². The Morgan fingerprint density at radius 3 is 2.81 bits per heavy atom. The molecule has 0 bridgehead atoms. The number of nitrogens with one attached hydrogen (secondary N) is 3. The molecule has 7 heteroatoms. The van der Waals surface area contributed by atoms with E-state index in [0.717, 1.165) is 34.0 Å². The van der Waals surface area contributed by atoms with Crippen LogP contribution in [-0.2, 0) is 0 Å². The van der Waals surface area contributed by atoms with Crippen LogP contribution >= 0.6 is 11.3 Å². The molecule has 4 rings (SSSR count). The van der Waals surface area contributed by atoms with Gasteiger partial charge in [-0.3, -0.25) is 4.90 Å². The highest BCUT2D eigenvalue weighted by atomic mass is 32.1. The molecule has 0 aliphatic carbocycles. The smallest absolute Gasteiger partial charge is 0.326 e. The van der Waals surface area contributed by atoms with Crippen LogP contribution in [0.15, 0.2) is 53.4 Å². The summed E-state index contributed by atoms with van der Waals surface area (Å²) in [7, 11) is 1.76. The normalized spacial score (nSPS) is 14.9. The molecule has 6 nitrogen and oxygen atoms in total. The van der Waals surface area contributed by atoms with Crippen molar-refractivity contribution in [3.63, 3.8) is 0 Å². The molecule has 2 amide bonds. The fourth-order valence-electron chi connectivity index (χ4n) is 2.89. The average molecular weight is 365 g/mol. The number of anilines is 4.